The maximum Gasteiger partial charge on any atom is 0.488 e. The van der Waals surface area contributed by atoms with Crippen LogP contribution in [0.1, 0.15) is 22.3 Å². The summed E-state index contributed by atoms with van der Waals surface area (Å²) < 4.78 is 0. The molecule has 0 unspecified atom stereocenters. The van der Waals surface area contributed by atoms with E-state index in [-0.39, 0.29) is 0 Å². The molecule has 2 nitrogen and oxygen atoms in total. The summed E-state index contributed by atoms with van der Waals surface area (Å²) >= 11 is 0. The van der Waals surface area contributed by atoms with Crippen molar-refractivity contribution in [2.45, 2.75) is 12.8 Å². The van der Waals surface area contributed by atoms with Crippen molar-refractivity contribution in [2.24, 2.45) is 0 Å². The van der Waals surface area contributed by atoms with Crippen LogP contribution in [-0.2, 0) is 12.8 Å². The van der Waals surface area contributed by atoms with Crippen molar-refractivity contribution in [1.29, 1.82) is 0 Å². The molecule has 29 heavy (non-hydrogen) atoms. The molecule has 2 N–H and O–H groups in total. The number of fused-ring (bicyclic) bond motifs is 6. The monoisotopic (exact) mass is 374 g/mol. The molecule has 138 valence electrons. The molecular formula is C26H19BO2. The zero-order valence-electron chi connectivity index (χ0n) is 15.9. The highest BCUT2D eigenvalue weighted by atomic mass is 16.4. The SMILES string of the molecule is OB(O)c1ccc2c(c1)Cc1cc(-c3ccc4c(c3)Cc3ccccc3-4)ccc1-2. The lowest BCUT2D eigenvalue weighted by molar-refractivity contribution is 0.426. The van der Waals surface area contributed by atoms with Crippen LogP contribution in [0.4, 0.5) is 0 Å². The Hall–Kier alpha value is -3.14. The van der Waals surface area contributed by atoms with Gasteiger partial charge in [0.05, 0.1) is 0 Å². The van der Waals surface area contributed by atoms with Crippen LogP contribution in [0.15, 0.2) is 78.9 Å². The summed E-state index contributed by atoms with van der Waals surface area (Å²) in [6.07, 6.45) is 1.83. The Morgan fingerprint density at radius 1 is 0.517 bits per heavy atom. The summed E-state index contributed by atoms with van der Waals surface area (Å²) in [5.41, 5.74) is 13.5. The van der Waals surface area contributed by atoms with Crippen LogP contribution in [0.25, 0.3) is 33.4 Å². The third kappa shape index (κ3) is 2.59. The third-order valence-electron chi connectivity index (χ3n) is 6.33. The second-order valence-corrected chi connectivity index (χ2v) is 8.04. The van der Waals surface area contributed by atoms with Gasteiger partial charge in [-0.2, -0.15) is 0 Å². The fourth-order valence-corrected chi connectivity index (χ4v) is 4.90. The highest BCUT2D eigenvalue weighted by molar-refractivity contribution is 6.58. The lowest BCUT2D eigenvalue weighted by Gasteiger charge is -2.08. The third-order valence-corrected chi connectivity index (χ3v) is 6.33. The van der Waals surface area contributed by atoms with E-state index in [1.165, 1.54) is 50.1 Å². The zero-order valence-corrected chi connectivity index (χ0v) is 15.9. The lowest BCUT2D eigenvalue weighted by Crippen LogP contribution is -2.29. The van der Waals surface area contributed by atoms with Gasteiger partial charge in [-0.3, -0.25) is 0 Å². The molecule has 4 aromatic rings. The predicted octanol–water partition coefficient (Wildman–Crippen LogP) is 4.18. The van der Waals surface area contributed by atoms with Gasteiger partial charge in [0.2, 0.25) is 0 Å². The second-order valence-electron chi connectivity index (χ2n) is 8.04. The Bertz CT molecular complexity index is 1290. The second kappa shape index (κ2) is 6.18. The molecule has 0 radical (unpaired) electrons. The van der Waals surface area contributed by atoms with Crippen molar-refractivity contribution in [2.75, 3.05) is 0 Å². The first-order valence-corrected chi connectivity index (χ1v) is 10.0. The Morgan fingerprint density at radius 2 is 1.03 bits per heavy atom. The largest absolute Gasteiger partial charge is 0.488 e. The molecule has 0 saturated carbocycles. The molecule has 0 aromatic heterocycles. The maximum atomic E-state index is 9.46. The van der Waals surface area contributed by atoms with E-state index in [4.69, 9.17) is 0 Å². The molecule has 0 atom stereocenters. The minimum atomic E-state index is -1.42. The molecule has 0 fully saturated rings. The fraction of sp³-hybridized carbons (Fsp3) is 0.0769. The molecule has 0 heterocycles. The van der Waals surface area contributed by atoms with Crippen LogP contribution >= 0.6 is 0 Å². The maximum absolute atomic E-state index is 9.46. The van der Waals surface area contributed by atoms with E-state index in [1.54, 1.807) is 6.07 Å². The first-order valence-electron chi connectivity index (χ1n) is 10.0. The topological polar surface area (TPSA) is 40.5 Å². The number of hydrogen-bond donors (Lipinski definition) is 2. The van der Waals surface area contributed by atoms with Crippen LogP contribution in [0.5, 0.6) is 0 Å². The van der Waals surface area contributed by atoms with Gasteiger partial charge in [-0.05, 0) is 73.9 Å². The quantitative estimate of drug-likeness (QED) is 0.447. The van der Waals surface area contributed by atoms with Crippen LogP contribution < -0.4 is 5.46 Å². The first-order chi connectivity index (χ1) is 14.2. The standard InChI is InChI=1S/C26H19BO2/c28-27(29)22-7-10-26-21(15-22)14-20-12-17(6-9-25(20)26)16-5-8-24-19(11-16)13-18-3-1-2-4-23(18)24/h1-12,15,28-29H,13-14H2. The highest BCUT2D eigenvalue weighted by Crippen LogP contribution is 2.41. The van der Waals surface area contributed by atoms with Crippen molar-refractivity contribution in [3.05, 3.63) is 101 Å². The summed E-state index contributed by atoms with van der Waals surface area (Å²) in [7, 11) is -1.42. The van der Waals surface area contributed by atoms with Crippen LogP contribution in [-0.4, -0.2) is 17.2 Å². The molecule has 2 aliphatic carbocycles. The van der Waals surface area contributed by atoms with Crippen molar-refractivity contribution < 1.29 is 10.0 Å². The van der Waals surface area contributed by atoms with Gasteiger partial charge in [0.15, 0.2) is 0 Å². The Labute approximate surface area is 170 Å². The van der Waals surface area contributed by atoms with Gasteiger partial charge in [0.25, 0.3) is 0 Å². The Balaban J connectivity index is 1.37. The van der Waals surface area contributed by atoms with Gasteiger partial charge in [-0.15, -0.1) is 0 Å². The smallest absolute Gasteiger partial charge is 0.423 e. The molecule has 2 aliphatic rings. The molecular weight excluding hydrogens is 355 g/mol. The summed E-state index contributed by atoms with van der Waals surface area (Å²) in [6.45, 7) is 0. The average Bonchev–Trinajstić information content (AvgIpc) is 3.29. The predicted molar refractivity (Wildman–Crippen MR) is 118 cm³/mol. The van der Waals surface area contributed by atoms with Gasteiger partial charge in [-0.1, -0.05) is 78.9 Å². The van der Waals surface area contributed by atoms with Crippen molar-refractivity contribution in [3.8, 4) is 33.4 Å². The molecule has 3 heteroatoms. The van der Waals surface area contributed by atoms with Crippen molar-refractivity contribution in [3.63, 3.8) is 0 Å². The van der Waals surface area contributed by atoms with E-state index in [0.717, 1.165) is 18.4 Å². The fourth-order valence-electron chi connectivity index (χ4n) is 4.90. The molecule has 0 bridgehead atoms. The van der Waals surface area contributed by atoms with Crippen molar-refractivity contribution >= 4 is 12.6 Å². The summed E-state index contributed by atoms with van der Waals surface area (Å²) in [6, 6.07) is 27.9. The van der Waals surface area contributed by atoms with E-state index < -0.39 is 7.12 Å². The molecule has 0 saturated heterocycles. The Kier molecular flexibility index (Phi) is 3.58. The highest BCUT2D eigenvalue weighted by Gasteiger charge is 2.22. The van der Waals surface area contributed by atoms with Gasteiger partial charge in [0, 0.05) is 0 Å². The molecule has 4 aromatic carbocycles. The van der Waals surface area contributed by atoms with Crippen molar-refractivity contribution in [1.82, 2.24) is 0 Å². The molecule has 0 spiro atoms. The minimum absolute atomic E-state index is 0.551. The summed E-state index contributed by atoms with van der Waals surface area (Å²) in [4.78, 5) is 0. The summed E-state index contributed by atoms with van der Waals surface area (Å²) in [5, 5.41) is 18.9. The first kappa shape index (κ1) is 16.8. The molecule has 6 rings (SSSR count). The van der Waals surface area contributed by atoms with Crippen LogP contribution in [0.3, 0.4) is 0 Å². The van der Waals surface area contributed by atoms with Crippen LogP contribution in [0, 0.1) is 0 Å². The van der Waals surface area contributed by atoms with Gasteiger partial charge in [-0.25, -0.2) is 0 Å². The normalized spacial score (nSPS) is 12.9. The number of rotatable bonds is 2. The van der Waals surface area contributed by atoms with Gasteiger partial charge < -0.3 is 10.0 Å². The molecule has 0 amide bonds. The van der Waals surface area contributed by atoms with Gasteiger partial charge in [0.1, 0.15) is 0 Å². The van der Waals surface area contributed by atoms with E-state index in [2.05, 4.69) is 60.7 Å². The lowest BCUT2D eigenvalue weighted by atomic mass is 9.79. The Morgan fingerprint density at radius 3 is 1.69 bits per heavy atom. The van der Waals surface area contributed by atoms with E-state index >= 15 is 0 Å². The van der Waals surface area contributed by atoms with E-state index in [9.17, 15) is 10.0 Å². The van der Waals surface area contributed by atoms with E-state index in [0.29, 0.717) is 5.46 Å². The van der Waals surface area contributed by atoms with Crippen LogP contribution in [0.2, 0.25) is 0 Å². The zero-order chi connectivity index (χ0) is 19.5. The summed E-state index contributed by atoms with van der Waals surface area (Å²) in [5.74, 6) is 0. The number of benzene rings is 4. The van der Waals surface area contributed by atoms with Gasteiger partial charge >= 0.3 is 7.12 Å². The van der Waals surface area contributed by atoms with E-state index in [1.807, 2.05) is 12.1 Å². The minimum Gasteiger partial charge on any atom is -0.423 e. The number of hydrogen-bond acceptors (Lipinski definition) is 2. The molecule has 0 aliphatic heterocycles. The average molecular weight is 374 g/mol.